The molecule has 1 fully saturated rings. The smallest absolute Gasteiger partial charge is 0.406 e. The molecular formula is C16H21F3N2O2. The van der Waals surface area contributed by atoms with Crippen LogP contribution in [-0.2, 0) is 0 Å². The number of carbonyl (C=O) groups excluding carboxylic acids is 1. The van der Waals surface area contributed by atoms with Gasteiger partial charge in [-0.1, -0.05) is 0 Å². The van der Waals surface area contributed by atoms with Crippen LogP contribution in [0.1, 0.15) is 29.6 Å². The zero-order chi connectivity index (χ0) is 16.9. The number of rotatable bonds is 5. The summed E-state index contributed by atoms with van der Waals surface area (Å²) in [7, 11) is 1.92. The SMILES string of the molecule is CNCCC1CCN(C(=O)c2ccc(OC(F)(F)F)cc2)CC1. The van der Waals surface area contributed by atoms with Crippen molar-refractivity contribution in [1.29, 1.82) is 0 Å². The summed E-state index contributed by atoms with van der Waals surface area (Å²) in [6, 6.07) is 5.08. The van der Waals surface area contributed by atoms with E-state index in [0.29, 0.717) is 24.6 Å². The molecule has 1 heterocycles. The van der Waals surface area contributed by atoms with Crippen LogP contribution in [0.2, 0.25) is 0 Å². The number of alkyl halides is 3. The van der Waals surface area contributed by atoms with E-state index >= 15 is 0 Å². The first kappa shape index (κ1) is 17.6. The lowest BCUT2D eigenvalue weighted by Crippen LogP contribution is -2.38. The molecule has 7 heteroatoms. The number of carbonyl (C=O) groups is 1. The molecule has 0 unspecified atom stereocenters. The molecule has 1 aromatic carbocycles. The number of ether oxygens (including phenoxy) is 1. The Labute approximate surface area is 133 Å². The van der Waals surface area contributed by atoms with Crippen molar-refractivity contribution < 1.29 is 22.7 Å². The minimum absolute atomic E-state index is 0.143. The fraction of sp³-hybridized carbons (Fsp3) is 0.562. The van der Waals surface area contributed by atoms with Gasteiger partial charge >= 0.3 is 6.36 Å². The predicted octanol–water partition coefficient (Wildman–Crippen LogP) is 3.05. The molecule has 0 atom stereocenters. The first-order valence-corrected chi connectivity index (χ1v) is 7.69. The molecule has 4 nitrogen and oxygen atoms in total. The van der Waals surface area contributed by atoms with Crippen LogP contribution in [0.25, 0.3) is 0 Å². The first-order valence-electron chi connectivity index (χ1n) is 7.69. The molecule has 0 aromatic heterocycles. The molecule has 1 saturated heterocycles. The molecule has 1 N–H and O–H groups in total. The number of benzene rings is 1. The van der Waals surface area contributed by atoms with E-state index in [4.69, 9.17) is 0 Å². The Kier molecular flexibility index (Phi) is 5.87. The van der Waals surface area contributed by atoms with E-state index in [2.05, 4.69) is 10.1 Å². The summed E-state index contributed by atoms with van der Waals surface area (Å²) in [4.78, 5) is 14.1. The molecule has 0 spiro atoms. The maximum absolute atomic E-state index is 12.4. The third kappa shape index (κ3) is 5.42. The molecule has 0 bridgehead atoms. The summed E-state index contributed by atoms with van der Waals surface area (Å²) in [5, 5.41) is 3.12. The lowest BCUT2D eigenvalue weighted by Gasteiger charge is -2.32. The highest BCUT2D eigenvalue weighted by Crippen LogP contribution is 2.24. The third-order valence-electron chi connectivity index (χ3n) is 4.04. The van der Waals surface area contributed by atoms with Gasteiger partial charge in [0.25, 0.3) is 5.91 Å². The van der Waals surface area contributed by atoms with Gasteiger partial charge in [0.05, 0.1) is 0 Å². The summed E-state index contributed by atoms with van der Waals surface area (Å²) in [5.41, 5.74) is 0.383. The summed E-state index contributed by atoms with van der Waals surface area (Å²) in [6.07, 6.45) is -1.70. The van der Waals surface area contributed by atoms with E-state index in [1.807, 2.05) is 7.05 Å². The van der Waals surface area contributed by atoms with Crippen molar-refractivity contribution in [2.75, 3.05) is 26.7 Å². The highest BCUT2D eigenvalue weighted by Gasteiger charge is 2.31. The highest BCUT2D eigenvalue weighted by atomic mass is 19.4. The van der Waals surface area contributed by atoms with Gasteiger partial charge in [-0.3, -0.25) is 4.79 Å². The first-order chi connectivity index (χ1) is 10.9. The minimum atomic E-state index is -4.72. The van der Waals surface area contributed by atoms with Crippen LogP contribution in [0.3, 0.4) is 0 Å². The number of nitrogens with zero attached hydrogens (tertiary/aromatic N) is 1. The van der Waals surface area contributed by atoms with Gasteiger partial charge in [0.1, 0.15) is 5.75 Å². The van der Waals surface area contributed by atoms with Gasteiger partial charge < -0.3 is 15.0 Å². The topological polar surface area (TPSA) is 41.6 Å². The van der Waals surface area contributed by atoms with Crippen molar-refractivity contribution in [3.63, 3.8) is 0 Å². The predicted molar refractivity (Wildman–Crippen MR) is 80.3 cm³/mol. The maximum atomic E-state index is 12.4. The Hall–Kier alpha value is -1.76. The molecule has 23 heavy (non-hydrogen) atoms. The van der Waals surface area contributed by atoms with Gasteiger partial charge in [-0.15, -0.1) is 13.2 Å². The van der Waals surface area contributed by atoms with Gasteiger partial charge in [0.2, 0.25) is 0 Å². The number of halogens is 3. The Balaban J connectivity index is 1.89. The quantitative estimate of drug-likeness (QED) is 0.902. The molecule has 128 valence electrons. The maximum Gasteiger partial charge on any atom is 0.573 e. The van der Waals surface area contributed by atoms with Gasteiger partial charge in [0.15, 0.2) is 0 Å². The van der Waals surface area contributed by atoms with E-state index in [9.17, 15) is 18.0 Å². The lowest BCUT2D eigenvalue weighted by molar-refractivity contribution is -0.274. The highest BCUT2D eigenvalue weighted by molar-refractivity contribution is 5.94. The van der Waals surface area contributed by atoms with Crippen LogP contribution >= 0.6 is 0 Å². The van der Waals surface area contributed by atoms with Gasteiger partial charge in [-0.05, 0) is 63.0 Å². The second kappa shape index (κ2) is 7.68. The molecule has 0 saturated carbocycles. The van der Waals surface area contributed by atoms with Crippen molar-refractivity contribution in [3.8, 4) is 5.75 Å². The van der Waals surface area contributed by atoms with Crippen molar-refractivity contribution in [2.24, 2.45) is 5.92 Å². The lowest BCUT2D eigenvalue weighted by atomic mass is 9.93. The van der Waals surface area contributed by atoms with Gasteiger partial charge in [0, 0.05) is 18.7 Å². The Bertz CT molecular complexity index is 509. The largest absolute Gasteiger partial charge is 0.573 e. The van der Waals surface area contributed by atoms with Crippen LogP contribution in [0.5, 0.6) is 5.75 Å². The van der Waals surface area contributed by atoms with Crippen LogP contribution < -0.4 is 10.1 Å². The van der Waals surface area contributed by atoms with Crippen LogP contribution in [0.15, 0.2) is 24.3 Å². The van der Waals surface area contributed by atoms with Crippen molar-refractivity contribution in [1.82, 2.24) is 10.2 Å². The molecule has 0 aliphatic carbocycles. The number of piperidine rings is 1. The summed E-state index contributed by atoms with van der Waals surface area (Å²) in [6.45, 7) is 2.35. The summed E-state index contributed by atoms with van der Waals surface area (Å²) < 4.78 is 40.1. The normalized spacial score (nSPS) is 16.4. The molecule has 2 rings (SSSR count). The van der Waals surface area contributed by atoms with Crippen LogP contribution in [0.4, 0.5) is 13.2 Å². The van der Waals surface area contributed by atoms with Gasteiger partial charge in [-0.25, -0.2) is 0 Å². The van der Waals surface area contributed by atoms with E-state index in [1.165, 1.54) is 24.3 Å². The average molecular weight is 330 g/mol. The molecule has 0 radical (unpaired) electrons. The monoisotopic (exact) mass is 330 g/mol. The second-order valence-corrected chi connectivity index (χ2v) is 5.70. The molecular weight excluding hydrogens is 309 g/mol. The van der Waals surface area contributed by atoms with Crippen molar-refractivity contribution >= 4 is 5.91 Å². The number of amides is 1. The Morgan fingerprint density at radius 2 is 1.87 bits per heavy atom. The van der Waals surface area contributed by atoms with E-state index in [1.54, 1.807) is 4.90 Å². The zero-order valence-corrected chi connectivity index (χ0v) is 13.0. The minimum Gasteiger partial charge on any atom is -0.406 e. The number of hydrogen-bond acceptors (Lipinski definition) is 3. The zero-order valence-electron chi connectivity index (χ0n) is 13.0. The number of likely N-dealkylation sites (tertiary alicyclic amines) is 1. The second-order valence-electron chi connectivity index (χ2n) is 5.70. The summed E-state index contributed by atoms with van der Waals surface area (Å²) in [5.74, 6) is 0.157. The average Bonchev–Trinajstić information content (AvgIpc) is 2.52. The van der Waals surface area contributed by atoms with Gasteiger partial charge in [-0.2, -0.15) is 0 Å². The molecule has 1 aromatic rings. The Morgan fingerprint density at radius 3 is 2.39 bits per heavy atom. The fourth-order valence-electron chi connectivity index (χ4n) is 2.75. The van der Waals surface area contributed by atoms with E-state index in [-0.39, 0.29) is 11.7 Å². The van der Waals surface area contributed by atoms with Crippen molar-refractivity contribution in [3.05, 3.63) is 29.8 Å². The molecule has 1 aliphatic rings. The fourth-order valence-corrected chi connectivity index (χ4v) is 2.75. The molecule has 1 aliphatic heterocycles. The number of nitrogens with one attached hydrogen (secondary N) is 1. The number of hydrogen-bond donors (Lipinski definition) is 1. The standard InChI is InChI=1S/C16H21F3N2O2/c1-20-9-6-12-7-10-21(11-8-12)15(22)13-2-4-14(5-3-13)23-16(17,18)19/h2-5,12,20H,6-11H2,1H3. The molecule has 1 amide bonds. The van der Waals surface area contributed by atoms with Crippen molar-refractivity contribution in [2.45, 2.75) is 25.6 Å². The van der Waals surface area contributed by atoms with E-state index in [0.717, 1.165) is 25.8 Å². The van der Waals surface area contributed by atoms with E-state index < -0.39 is 6.36 Å². The van der Waals surface area contributed by atoms with Crippen LogP contribution in [-0.4, -0.2) is 43.9 Å². The van der Waals surface area contributed by atoms with Crippen LogP contribution in [0, 0.1) is 5.92 Å². The third-order valence-corrected chi connectivity index (χ3v) is 4.04. The summed E-state index contributed by atoms with van der Waals surface area (Å²) >= 11 is 0. The Morgan fingerprint density at radius 1 is 1.26 bits per heavy atom.